The van der Waals surface area contributed by atoms with E-state index in [-0.39, 0.29) is 29.1 Å². The first kappa shape index (κ1) is 24.8. The Bertz CT molecular complexity index is 1600. The van der Waals surface area contributed by atoms with E-state index in [1.165, 1.54) is 32.6 Å². The van der Waals surface area contributed by atoms with Crippen LogP contribution in [0.1, 0.15) is 26.8 Å². The lowest BCUT2D eigenvalue weighted by Crippen LogP contribution is -2.32. The molecule has 3 atom stereocenters. The van der Waals surface area contributed by atoms with E-state index in [0.29, 0.717) is 16.4 Å². The number of aromatic nitrogens is 1. The molecule has 1 fully saturated rings. The highest BCUT2D eigenvalue weighted by Gasteiger charge is 2.57. The molecule has 0 saturated carbocycles. The van der Waals surface area contributed by atoms with Crippen LogP contribution in [0.3, 0.4) is 0 Å². The van der Waals surface area contributed by atoms with Gasteiger partial charge in [-0.25, -0.2) is 4.90 Å². The molecule has 1 N–H and O–H groups in total. The number of benzene rings is 2. The minimum Gasteiger partial charge on any atom is -0.325 e. The van der Waals surface area contributed by atoms with Gasteiger partial charge in [-0.2, -0.15) is 0 Å². The summed E-state index contributed by atoms with van der Waals surface area (Å²) in [6.07, 6.45) is 0. The zero-order chi connectivity index (χ0) is 26.6. The molecule has 0 spiro atoms. The number of aryl methyl sites for hydroxylation is 2. The van der Waals surface area contributed by atoms with Gasteiger partial charge in [0.25, 0.3) is 0 Å². The molecular formula is C28H23N3O4S3. The van der Waals surface area contributed by atoms with E-state index < -0.39 is 17.1 Å². The van der Waals surface area contributed by atoms with Crippen molar-refractivity contribution in [2.24, 2.45) is 5.92 Å². The predicted molar refractivity (Wildman–Crippen MR) is 151 cm³/mol. The number of imide groups is 1. The van der Waals surface area contributed by atoms with Gasteiger partial charge in [-0.3, -0.25) is 23.7 Å². The first-order valence-electron chi connectivity index (χ1n) is 12.1. The van der Waals surface area contributed by atoms with Crippen LogP contribution >= 0.6 is 34.4 Å². The SMILES string of the molecule is Cc1ccc(NC(=O)Cn2c3c(sc2=O)C(c2cccs2)C2C(=O)N(c4ccc(C)cc4)C(=O)C2S3)cc1. The quantitative estimate of drug-likeness (QED) is 0.346. The average molecular weight is 562 g/mol. The lowest BCUT2D eigenvalue weighted by atomic mass is 9.87. The summed E-state index contributed by atoms with van der Waals surface area (Å²) in [7, 11) is 0. The van der Waals surface area contributed by atoms with Gasteiger partial charge in [0.2, 0.25) is 17.7 Å². The molecule has 1 saturated heterocycles. The maximum Gasteiger partial charge on any atom is 0.308 e. The van der Waals surface area contributed by atoms with Gasteiger partial charge in [0.1, 0.15) is 11.8 Å². The molecule has 7 nitrogen and oxygen atoms in total. The molecule has 4 aromatic rings. The minimum absolute atomic E-state index is 0.177. The maximum atomic E-state index is 13.8. The molecule has 2 aliphatic rings. The smallest absolute Gasteiger partial charge is 0.308 e. The number of thioether (sulfide) groups is 1. The topological polar surface area (TPSA) is 88.5 Å². The van der Waals surface area contributed by atoms with Gasteiger partial charge < -0.3 is 5.32 Å². The number of carbonyl (C=O) groups excluding carboxylic acids is 3. The molecule has 4 heterocycles. The summed E-state index contributed by atoms with van der Waals surface area (Å²) in [6, 6.07) is 18.6. The largest absolute Gasteiger partial charge is 0.325 e. The highest BCUT2D eigenvalue weighted by atomic mass is 32.2. The van der Waals surface area contributed by atoms with E-state index in [1.807, 2.05) is 67.8 Å². The maximum absolute atomic E-state index is 13.8. The van der Waals surface area contributed by atoms with Crippen LogP contribution in [-0.4, -0.2) is 27.5 Å². The third kappa shape index (κ3) is 4.22. The van der Waals surface area contributed by atoms with Crippen molar-refractivity contribution >= 4 is 63.5 Å². The zero-order valence-corrected chi connectivity index (χ0v) is 23.0. The Morgan fingerprint density at radius 3 is 2.26 bits per heavy atom. The number of thiophene rings is 1. The van der Waals surface area contributed by atoms with Crippen molar-refractivity contribution in [3.8, 4) is 0 Å². The van der Waals surface area contributed by atoms with Crippen molar-refractivity contribution in [2.75, 3.05) is 10.2 Å². The molecule has 0 bridgehead atoms. The minimum atomic E-state index is -0.691. The van der Waals surface area contributed by atoms with E-state index in [1.54, 1.807) is 12.1 Å². The Hall–Kier alpha value is -3.47. The van der Waals surface area contributed by atoms with Crippen LogP contribution in [0.15, 0.2) is 75.9 Å². The summed E-state index contributed by atoms with van der Waals surface area (Å²) < 4.78 is 1.44. The zero-order valence-electron chi connectivity index (χ0n) is 20.5. The van der Waals surface area contributed by atoms with Crippen LogP contribution in [0.2, 0.25) is 0 Å². The van der Waals surface area contributed by atoms with Crippen molar-refractivity contribution in [3.05, 3.63) is 96.6 Å². The second-order valence-electron chi connectivity index (χ2n) is 9.44. The van der Waals surface area contributed by atoms with Crippen LogP contribution in [0.5, 0.6) is 0 Å². The summed E-state index contributed by atoms with van der Waals surface area (Å²) in [5, 5.41) is 4.67. The van der Waals surface area contributed by atoms with Gasteiger partial charge in [0.05, 0.1) is 16.6 Å². The number of hydrogen-bond donors (Lipinski definition) is 1. The Labute approximate surface area is 231 Å². The van der Waals surface area contributed by atoms with Gasteiger partial charge >= 0.3 is 4.87 Å². The molecule has 2 aliphatic heterocycles. The lowest BCUT2D eigenvalue weighted by Gasteiger charge is -2.29. The molecule has 0 aliphatic carbocycles. The van der Waals surface area contributed by atoms with E-state index in [2.05, 4.69) is 5.32 Å². The average Bonchev–Trinajstić information content (AvgIpc) is 3.59. The monoisotopic (exact) mass is 561 g/mol. The van der Waals surface area contributed by atoms with Crippen LogP contribution < -0.4 is 15.1 Å². The van der Waals surface area contributed by atoms with E-state index >= 15 is 0 Å². The van der Waals surface area contributed by atoms with E-state index in [0.717, 1.165) is 32.2 Å². The molecule has 0 radical (unpaired) electrons. The summed E-state index contributed by atoms with van der Waals surface area (Å²) in [5.41, 5.74) is 3.30. The number of thiazole rings is 1. The number of hydrogen-bond acceptors (Lipinski definition) is 7. The van der Waals surface area contributed by atoms with E-state index in [9.17, 15) is 19.2 Å². The Kier molecular flexibility index (Phi) is 6.33. The fourth-order valence-electron chi connectivity index (χ4n) is 4.96. The lowest BCUT2D eigenvalue weighted by molar-refractivity contribution is -0.122. The first-order chi connectivity index (χ1) is 18.3. The fourth-order valence-corrected chi connectivity index (χ4v) is 8.68. The van der Waals surface area contributed by atoms with Crippen LogP contribution in [0.4, 0.5) is 11.4 Å². The standard InChI is InChI=1S/C28H23N3O4S3/c1-15-5-9-17(10-6-15)29-20(32)14-30-27-24(38-28(30)35)21(19-4-3-13-36-19)22-23(37-27)26(34)31(25(22)33)18-11-7-16(2)8-12-18/h3-13,21-23H,14H2,1-2H3,(H,29,32). The normalized spacial score (nSPS) is 20.4. The number of nitrogens with one attached hydrogen (secondary N) is 1. The van der Waals surface area contributed by atoms with Crippen LogP contribution in [0.25, 0.3) is 0 Å². The summed E-state index contributed by atoms with van der Waals surface area (Å²) in [6.45, 7) is 3.74. The van der Waals surface area contributed by atoms with Gasteiger partial charge in [-0.15, -0.1) is 11.3 Å². The first-order valence-corrected chi connectivity index (χ1v) is 14.6. The molecule has 6 rings (SSSR count). The fraction of sp³-hybridized carbons (Fsp3) is 0.214. The van der Waals surface area contributed by atoms with Crippen LogP contribution in [-0.2, 0) is 20.9 Å². The van der Waals surface area contributed by atoms with Gasteiger partial charge in [-0.1, -0.05) is 64.6 Å². The molecule has 10 heteroatoms. The van der Waals surface area contributed by atoms with Crippen molar-refractivity contribution in [1.29, 1.82) is 0 Å². The van der Waals surface area contributed by atoms with Crippen molar-refractivity contribution in [1.82, 2.24) is 4.57 Å². The highest BCUT2D eigenvalue weighted by molar-refractivity contribution is 8.00. The second kappa shape index (κ2) is 9.68. The van der Waals surface area contributed by atoms with Crippen LogP contribution in [0, 0.1) is 19.8 Å². The molecule has 3 amide bonds. The number of fused-ring (bicyclic) bond motifs is 2. The molecule has 2 aromatic carbocycles. The second-order valence-corrected chi connectivity index (χ2v) is 12.5. The predicted octanol–water partition coefficient (Wildman–Crippen LogP) is 5.02. The Morgan fingerprint density at radius 2 is 1.61 bits per heavy atom. The Balaban J connectivity index is 1.38. The number of carbonyl (C=O) groups is 3. The highest BCUT2D eigenvalue weighted by Crippen LogP contribution is 2.54. The van der Waals surface area contributed by atoms with Gasteiger partial charge in [0, 0.05) is 21.4 Å². The molecule has 2 aromatic heterocycles. The summed E-state index contributed by atoms with van der Waals surface area (Å²) >= 11 is 3.78. The Morgan fingerprint density at radius 1 is 0.921 bits per heavy atom. The van der Waals surface area contributed by atoms with Gasteiger partial charge in [-0.05, 0) is 49.6 Å². The third-order valence-electron chi connectivity index (χ3n) is 6.83. The number of anilines is 2. The van der Waals surface area contributed by atoms with Crippen molar-refractivity contribution < 1.29 is 14.4 Å². The number of amides is 3. The van der Waals surface area contributed by atoms with Gasteiger partial charge in [0.15, 0.2) is 0 Å². The van der Waals surface area contributed by atoms with Crippen molar-refractivity contribution in [3.63, 3.8) is 0 Å². The number of nitrogens with zero attached hydrogens (tertiary/aromatic N) is 2. The molecular weight excluding hydrogens is 539 g/mol. The van der Waals surface area contributed by atoms with E-state index in [4.69, 9.17) is 0 Å². The van der Waals surface area contributed by atoms with Crippen molar-refractivity contribution in [2.45, 2.75) is 36.6 Å². The molecule has 3 unspecified atom stereocenters. The third-order valence-corrected chi connectivity index (χ3v) is 10.4. The molecule has 38 heavy (non-hydrogen) atoms. The molecule has 192 valence electrons. The summed E-state index contributed by atoms with van der Waals surface area (Å²) in [4.78, 5) is 56.2. The number of rotatable bonds is 5. The summed E-state index contributed by atoms with van der Waals surface area (Å²) in [5.74, 6) is -1.95.